The second-order valence-electron chi connectivity index (χ2n) is 7.28. The van der Waals surface area contributed by atoms with Gasteiger partial charge in [-0.2, -0.15) is 0 Å². The number of phenols is 1. The van der Waals surface area contributed by atoms with Crippen LogP contribution in [0.1, 0.15) is 22.7 Å². The van der Waals surface area contributed by atoms with Crippen LogP contribution in [0.25, 0.3) is 5.76 Å². The van der Waals surface area contributed by atoms with Crippen molar-refractivity contribution in [2.75, 3.05) is 12.0 Å². The van der Waals surface area contributed by atoms with E-state index in [1.165, 1.54) is 17.0 Å². The number of aliphatic hydroxyl groups excluding tert-OH is 1. The number of ether oxygens (including phenoxy) is 1. The Hall–Kier alpha value is -4.06. The van der Waals surface area contributed by atoms with Crippen LogP contribution in [-0.4, -0.2) is 29.0 Å². The van der Waals surface area contributed by atoms with Crippen LogP contribution in [0.3, 0.4) is 0 Å². The molecular formula is C25H21NO5. The van der Waals surface area contributed by atoms with E-state index in [1.54, 1.807) is 68.6 Å². The first kappa shape index (κ1) is 20.2. The van der Waals surface area contributed by atoms with Crippen LogP contribution in [0.4, 0.5) is 5.69 Å². The Balaban J connectivity index is 1.96. The molecule has 1 amide bonds. The van der Waals surface area contributed by atoms with E-state index in [0.717, 1.165) is 0 Å². The molecular weight excluding hydrogens is 394 g/mol. The highest BCUT2D eigenvalue weighted by Crippen LogP contribution is 2.43. The van der Waals surface area contributed by atoms with Gasteiger partial charge in [-0.3, -0.25) is 14.5 Å². The second kappa shape index (κ2) is 7.99. The van der Waals surface area contributed by atoms with Crippen LogP contribution in [0.15, 0.2) is 78.4 Å². The van der Waals surface area contributed by atoms with Gasteiger partial charge in [-0.15, -0.1) is 0 Å². The minimum atomic E-state index is -0.893. The number of aromatic hydroxyl groups is 1. The standard InChI is InChI=1S/C25H21NO5/c1-15-13-19(31-2)11-12-20(15)23(28)21-22(16-7-6-10-18(27)14-16)26(25(30)24(21)29)17-8-4-3-5-9-17/h3-14,22,27-28H,1-2H3/b23-21-. The Morgan fingerprint density at radius 1 is 0.968 bits per heavy atom. The fourth-order valence-electron chi connectivity index (χ4n) is 3.87. The molecule has 3 aromatic rings. The van der Waals surface area contributed by atoms with Gasteiger partial charge < -0.3 is 14.9 Å². The maximum atomic E-state index is 13.1. The van der Waals surface area contributed by atoms with Crippen molar-refractivity contribution in [2.45, 2.75) is 13.0 Å². The Bertz CT molecular complexity index is 1200. The van der Waals surface area contributed by atoms with Gasteiger partial charge in [-0.05, 0) is 60.5 Å². The lowest BCUT2D eigenvalue weighted by Crippen LogP contribution is -2.29. The van der Waals surface area contributed by atoms with Crippen molar-refractivity contribution in [3.8, 4) is 11.5 Å². The average molecular weight is 415 g/mol. The molecule has 6 nitrogen and oxygen atoms in total. The van der Waals surface area contributed by atoms with Gasteiger partial charge in [0.1, 0.15) is 17.3 Å². The molecule has 1 heterocycles. The molecule has 1 saturated heterocycles. The van der Waals surface area contributed by atoms with Crippen molar-refractivity contribution < 1.29 is 24.5 Å². The fraction of sp³-hybridized carbons (Fsp3) is 0.120. The topological polar surface area (TPSA) is 87.1 Å². The molecule has 0 aliphatic carbocycles. The molecule has 1 fully saturated rings. The lowest BCUT2D eigenvalue weighted by atomic mass is 9.93. The van der Waals surface area contributed by atoms with E-state index < -0.39 is 17.7 Å². The number of methoxy groups -OCH3 is 1. The van der Waals surface area contributed by atoms with Crippen LogP contribution < -0.4 is 9.64 Å². The zero-order chi connectivity index (χ0) is 22.1. The normalized spacial score (nSPS) is 17.7. The summed E-state index contributed by atoms with van der Waals surface area (Å²) < 4.78 is 5.22. The number of nitrogens with zero attached hydrogens (tertiary/aromatic N) is 1. The summed E-state index contributed by atoms with van der Waals surface area (Å²) in [5.41, 5.74) is 2.11. The minimum absolute atomic E-state index is 0.00298. The molecule has 0 spiro atoms. The monoisotopic (exact) mass is 415 g/mol. The minimum Gasteiger partial charge on any atom is -0.508 e. The van der Waals surface area contributed by atoms with E-state index in [9.17, 15) is 19.8 Å². The summed E-state index contributed by atoms with van der Waals surface area (Å²) in [4.78, 5) is 27.5. The molecule has 6 heteroatoms. The third-order valence-electron chi connectivity index (χ3n) is 5.35. The summed E-state index contributed by atoms with van der Waals surface area (Å²) >= 11 is 0. The molecule has 0 radical (unpaired) electrons. The maximum Gasteiger partial charge on any atom is 0.300 e. The largest absolute Gasteiger partial charge is 0.508 e. The molecule has 0 saturated carbocycles. The van der Waals surface area contributed by atoms with E-state index in [1.807, 2.05) is 6.07 Å². The van der Waals surface area contributed by atoms with Crippen molar-refractivity contribution in [1.82, 2.24) is 0 Å². The zero-order valence-corrected chi connectivity index (χ0v) is 17.1. The molecule has 0 aromatic heterocycles. The quantitative estimate of drug-likeness (QED) is 0.376. The number of phenolic OH excluding ortho intramolecular Hbond substituents is 1. The predicted octanol–water partition coefficient (Wildman–Crippen LogP) is 4.34. The zero-order valence-electron chi connectivity index (χ0n) is 17.1. The Labute approximate surface area is 179 Å². The smallest absolute Gasteiger partial charge is 0.300 e. The molecule has 1 atom stereocenters. The average Bonchev–Trinajstić information content (AvgIpc) is 3.04. The van der Waals surface area contributed by atoms with Crippen molar-refractivity contribution in [1.29, 1.82) is 0 Å². The number of benzene rings is 3. The highest BCUT2D eigenvalue weighted by atomic mass is 16.5. The van der Waals surface area contributed by atoms with Crippen LogP contribution >= 0.6 is 0 Å². The number of hydrogen-bond donors (Lipinski definition) is 2. The van der Waals surface area contributed by atoms with Gasteiger partial charge in [0.05, 0.1) is 18.7 Å². The van der Waals surface area contributed by atoms with Gasteiger partial charge in [0.25, 0.3) is 11.7 Å². The second-order valence-corrected chi connectivity index (χ2v) is 7.28. The third kappa shape index (κ3) is 3.53. The first-order valence-electron chi connectivity index (χ1n) is 9.72. The summed E-state index contributed by atoms with van der Waals surface area (Å²) in [6, 6.07) is 19.3. The molecule has 0 bridgehead atoms. The summed E-state index contributed by atoms with van der Waals surface area (Å²) in [5, 5.41) is 21.2. The van der Waals surface area contributed by atoms with E-state index >= 15 is 0 Å². The SMILES string of the molecule is COc1ccc(/C(O)=C2/C(=O)C(=O)N(c3ccccc3)C2c2cccc(O)c2)c(C)c1. The predicted molar refractivity (Wildman–Crippen MR) is 117 cm³/mol. The molecule has 2 N–H and O–H groups in total. The van der Waals surface area contributed by atoms with Crippen molar-refractivity contribution in [3.05, 3.63) is 95.1 Å². The first-order valence-corrected chi connectivity index (χ1v) is 9.72. The summed E-state index contributed by atoms with van der Waals surface area (Å²) in [6.45, 7) is 1.79. The van der Waals surface area contributed by atoms with E-state index in [4.69, 9.17) is 4.74 Å². The van der Waals surface area contributed by atoms with Crippen LogP contribution in [0, 0.1) is 6.92 Å². The van der Waals surface area contributed by atoms with Crippen LogP contribution in [0.2, 0.25) is 0 Å². The number of rotatable bonds is 4. The van der Waals surface area contributed by atoms with E-state index in [-0.39, 0.29) is 17.1 Å². The summed E-state index contributed by atoms with van der Waals surface area (Å²) in [5.74, 6) is -1.19. The Morgan fingerprint density at radius 2 is 1.71 bits per heavy atom. The van der Waals surface area contributed by atoms with Crippen LogP contribution in [0.5, 0.6) is 11.5 Å². The summed E-state index contributed by atoms with van der Waals surface area (Å²) in [7, 11) is 1.54. The Morgan fingerprint density at radius 3 is 2.35 bits per heavy atom. The number of aryl methyl sites for hydroxylation is 1. The van der Waals surface area contributed by atoms with Gasteiger partial charge in [-0.1, -0.05) is 30.3 Å². The summed E-state index contributed by atoms with van der Waals surface area (Å²) in [6.07, 6.45) is 0. The molecule has 3 aromatic carbocycles. The number of Topliss-reactive ketones (excluding diaryl/α,β-unsaturated/α-hetero) is 1. The number of hydrogen-bond acceptors (Lipinski definition) is 5. The number of anilines is 1. The molecule has 1 aliphatic heterocycles. The fourth-order valence-corrected chi connectivity index (χ4v) is 3.87. The lowest BCUT2D eigenvalue weighted by Gasteiger charge is -2.25. The third-order valence-corrected chi connectivity index (χ3v) is 5.35. The molecule has 1 aliphatic rings. The van der Waals surface area contributed by atoms with Gasteiger partial charge in [-0.25, -0.2) is 0 Å². The van der Waals surface area contributed by atoms with Gasteiger partial charge >= 0.3 is 0 Å². The number of carbonyl (C=O) groups excluding carboxylic acids is 2. The number of para-hydroxylation sites is 1. The molecule has 156 valence electrons. The van der Waals surface area contributed by atoms with E-state index in [0.29, 0.717) is 28.1 Å². The van der Waals surface area contributed by atoms with Gasteiger partial charge in [0, 0.05) is 11.3 Å². The van der Waals surface area contributed by atoms with Gasteiger partial charge in [0.15, 0.2) is 0 Å². The highest BCUT2D eigenvalue weighted by molar-refractivity contribution is 6.51. The molecule has 1 unspecified atom stereocenters. The number of aliphatic hydroxyl groups is 1. The number of carbonyl (C=O) groups is 2. The lowest BCUT2D eigenvalue weighted by molar-refractivity contribution is -0.132. The van der Waals surface area contributed by atoms with Crippen molar-refractivity contribution in [3.63, 3.8) is 0 Å². The Kier molecular flexibility index (Phi) is 5.21. The van der Waals surface area contributed by atoms with Crippen LogP contribution in [-0.2, 0) is 9.59 Å². The molecule has 31 heavy (non-hydrogen) atoms. The number of ketones is 1. The van der Waals surface area contributed by atoms with Crippen molar-refractivity contribution in [2.24, 2.45) is 0 Å². The number of amides is 1. The van der Waals surface area contributed by atoms with Gasteiger partial charge in [0.2, 0.25) is 0 Å². The highest BCUT2D eigenvalue weighted by Gasteiger charge is 2.47. The molecule has 4 rings (SSSR count). The van der Waals surface area contributed by atoms with Crippen molar-refractivity contribution >= 4 is 23.1 Å². The first-order chi connectivity index (χ1) is 14.9. The maximum absolute atomic E-state index is 13.1. The van der Waals surface area contributed by atoms with E-state index in [2.05, 4.69) is 0 Å².